The second-order valence-electron chi connectivity index (χ2n) is 4.68. The Kier molecular flexibility index (Phi) is 4.74. The lowest BCUT2D eigenvalue weighted by Crippen LogP contribution is -2.52. The van der Waals surface area contributed by atoms with Crippen molar-refractivity contribution in [1.82, 2.24) is 10.6 Å². The molecular formula is C10H20N2O3. The Morgan fingerprint density at radius 3 is 1.93 bits per heavy atom. The van der Waals surface area contributed by atoms with Gasteiger partial charge in [0.2, 0.25) is 5.91 Å². The van der Waals surface area contributed by atoms with Crippen molar-refractivity contribution in [2.24, 2.45) is 0 Å². The lowest BCUT2D eigenvalue weighted by molar-refractivity contribution is -0.141. The average Bonchev–Trinajstić information content (AvgIpc) is 2.00. The Balaban J connectivity index is 4.17. The van der Waals surface area contributed by atoms with Crippen LogP contribution in [0.15, 0.2) is 0 Å². The minimum atomic E-state index is -1.04. The number of hydrogen-bond donors (Lipinski definition) is 3. The maximum atomic E-state index is 11.5. The molecule has 2 atom stereocenters. The van der Waals surface area contributed by atoms with Crippen LogP contribution in [0.5, 0.6) is 0 Å². The number of amides is 1. The first-order valence-corrected chi connectivity index (χ1v) is 4.94. The zero-order chi connectivity index (χ0) is 12.2. The van der Waals surface area contributed by atoms with Gasteiger partial charge in [-0.25, -0.2) is 0 Å². The molecule has 0 heterocycles. The van der Waals surface area contributed by atoms with E-state index >= 15 is 0 Å². The topological polar surface area (TPSA) is 78.4 Å². The highest BCUT2D eigenvalue weighted by atomic mass is 16.4. The second-order valence-corrected chi connectivity index (χ2v) is 4.68. The van der Waals surface area contributed by atoms with E-state index in [4.69, 9.17) is 5.11 Å². The number of carbonyl (C=O) groups is 2. The van der Waals surface area contributed by atoms with Gasteiger partial charge in [-0.2, -0.15) is 0 Å². The molecule has 0 aliphatic heterocycles. The van der Waals surface area contributed by atoms with Crippen LogP contribution in [0.4, 0.5) is 0 Å². The molecule has 0 bridgehead atoms. The van der Waals surface area contributed by atoms with Crippen molar-refractivity contribution in [1.29, 1.82) is 0 Å². The number of carboxylic acids is 1. The molecule has 0 aliphatic carbocycles. The highest BCUT2D eigenvalue weighted by molar-refractivity contribution is 5.86. The highest BCUT2D eigenvalue weighted by Gasteiger charge is 2.22. The van der Waals surface area contributed by atoms with E-state index in [1.807, 2.05) is 20.8 Å². The van der Waals surface area contributed by atoms with Crippen LogP contribution in [0.1, 0.15) is 34.6 Å². The minimum absolute atomic E-state index is 0.177. The fraction of sp³-hybridized carbons (Fsp3) is 0.800. The van der Waals surface area contributed by atoms with Crippen molar-refractivity contribution in [3.63, 3.8) is 0 Å². The van der Waals surface area contributed by atoms with Crippen molar-refractivity contribution >= 4 is 11.9 Å². The number of carboxylic acid groups (broad SMARTS) is 1. The highest BCUT2D eigenvalue weighted by Crippen LogP contribution is 2.01. The molecular weight excluding hydrogens is 196 g/mol. The molecule has 15 heavy (non-hydrogen) atoms. The van der Waals surface area contributed by atoms with Gasteiger partial charge in [-0.1, -0.05) is 0 Å². The first-order chi connectivity index (χ1) is 6.63. The smallest absolute Gasteiger partial charge is 0.325 e. The zero-order valence-corrected chi connectivity index (χ0v) is 9.92. The van der Waals surface area contributed by atoms with E-state index in [2.05, 4.69) is 10.6 Å². The summed E-state index contributed by atoms with van der Waals surface area (Å²) in [6.07, 6.45) is 0. The summed E-state index contributed by atoms with van der Waals surface area (Å²) in [5.41, 5.74) is -0.177. The van der Waals surface area contributed by atoms with E-state index in [-0.39, 0.29) is 11.4 Å². The molecule has 3 N–H and O–H groups in total. The zero-order valence-electron chi connectivity index (χ0n) is 9.92. The molecule has 0 fully saturated rings. The second kappa shape index (κ2) is 5.11. The Labute approximate surface area is 90.2 Å². The number of nitrogens with one attached hydrogen (secondary N) is 2. The molecule has 0 aliphatic rings. The van der Waals surface area contributed by atoms with Crippen molar-refractivity contribution in [3.05, 3.63) is 0 Å². The summed E-state index contributed by atoms with van der Waals surface area (Å²) in [5.74, 6) is -1.34. The van der Waals surface area contributed by atoms with Gasteiger partial charge in [-0.3, -0.25) is 9.59 Å². The first kappa shape index (κ1) is 13.9. The summed E-state index contributed by atoms with van der Waals surface area (Å²) in [5, 5.41) is 14.1. The van der Waals surface area contributed by atoms with E-state index in [0.29, 0.717) is 0 Å². The quantitative estimate of drug-likeness (QED) is 0.633. The summed E-state index contributed by atoms with van der Waals surface area (Å²) in [6.45, 7) is 8.96. The fourth-order valence-corrected chi connectivity index (χ4v) is 1.12. The SMILES string of the molecule is CC(NC(=O)C(C)NC(C)(C)C)C(=O)O. The van der Waals surface area contributed by atoms with Crippen molar-refractivity contribution < 1.29 is 14.7 Å². The molecule has 0 rings (SSSR count). The predicted molar refractivity (Wildman–Crippen MR) is 57.6 cm³/mol. The molecule has 88 valence electrons. The van der Waals surface area contributed by atoms with Gasteiger partial charge in [0, 0.05) is 5.54 Å². The molecule has 0 aromatic heterocycles. The van der Waals surface area contributed by atoms with Gasteiger partial charge in [0.1, 0.15) is 6.04 Å². The van der Waals surface area contributed by atoms with E-state index in [1.54, 1.807) is 6.92 Å². The normalized spacial score (nSPS) is 15.5. The molecule has 0 saturated heterocycles. The molecule has 0 spiro atoms. The van der Waals surface area contributed by atoms with Crippen LogP contribution in [0.3, 0.4) is 0 Å². The van der Waals surface area contributed by atoms with Crippen LogP contribution in [0.25, 0.3) is 0 Å². The number of carbonyl (C=O) groups excluding carboxylic acids is 1. The maximum Gasteiger partial charge on any atom is 0.325 e. The van der Waals surface area contributed by atoms with Crippen molar-refractivity contribution in [3.8, 4) is 0 Å². The third-order valence-corrected chi connectivity index (χ3v) is 1.77. The van der Waals surface area contributed by atoms with Gasteiger partial charge in [0.25, 0.3) is 0 Å². The van der Waals surface area contributed by atoms with Crippen molar-refractivity contribution in [2.75, 3.05) is 0 Å². The number of rotatable bonds is 4. The van der Waals surface area contributed by atoms with Gasteiger partial charge < -0.3 is 15.7 Å². The number of aliphatic carboxylic acids is 1. The van der Waals surface area contributed by atoms with Gasteiger partial charge in [0.15, 0.2) is 0 Å². The summed E-state index contributed by atoms with van der Waals surface area (Å²) in [7, 11) is 0. The van der Waals surface area contributed by atoms with Crippen LogP contribution in [0.2, 0.25) is 0 Å². The van der Waals surface area contributed by atoms with Crippen LogP contribution in [-0.4, -0.2) is 34.6 Å². The summed E-state index contributed by atoms with van der Waals surface area (Å²) >= 11 is 0. The molecule has 0 aromatic carbocycles. The molecule has 5 heteroatoms. The predicted octanol–water partition coefficient (Wildman–Crippen LogP) is 0.352. The summed E-state index contributed by atoms with van der Waals surface area (Å²) in [6, 6.07) is -1.27. The lowest BCUT2D eigenvalue weighted by atomic mass is 10.1. The molecule has 2 unspecified atom stereocenters. The molecule has 0 aromatic rings. The fourth-order valence-electron chi connectivity index (χ4n) is 1.12. The van der Waals surface area contributed by atoms with Gasteiger partial charge >= 0.3 is 5.97 Å². The summed E-state index contributed by atoms with van der Waals surface area (Å²) < 4.78 is 0. The molecule has 0 saturated carbocycles. The van der Waals surface area contributed by atoms with Crippen molar-refractivity contribution in [2.45, 2.75) is 52.2 Å². The van der Waals surface area contributed by atoms with Gasteiger partial charge in [-0.15, -0.1) is 0 Å². The Morgan fingerprint density at radius 2 is 1.60 bits per heavy atom. The standard InChI is InChI=1S/C10H20N2O3/c1-6(12-10(3,4)5)8(13)11-7(2)9(14)15/h6-7,12H,1-5H3,(H,11,13)(H,14,15). The molecule has 5 nitrogen and oxygen atoms in total. The third kappa shape index (κ3) is 6.06. The van der Waals surface area contributed by atoms with Crippen LogP contribution in [0, 0.1) is 0 Å². The van der Waals surface area contributed by atoms with Crippen LogP contribution < -0.4 is 10.6 Å². The first-order valence-electron chi connectivity index (χ1n) is 4.94. The molecule has 1 amide bonds. The third-order valence-electron chi connectivity index (χ3n) is 1.77. The average molecular weight is 216 g/mol. The van der Waals surface area contributed by atoms with Crippen LogP contribution >= 0.6 is 0 Å². The molecule has 0 radical (unpaired) electrons. The van der Waals surface area contributed by atoms with Gasteiger partial charge in [-0.05, 0) is 34.6 Å². The minimum Gasteiger partial charge on any atom is -0.480 e. The summed E-state index contributed by atoms with van der Waals surface area (Å²) in [4.78, 5) is 22.0. The lowest BCUT2D eigenvalue weighted by Gasteiger charge is -2.25. The Bertz CT molecular complexity index is 246. The largest absolute Gasteiger partial charge is 0.480 e. The van der Waals surface area contributed by atoms with Gasteiger partial charge in [0.05, 0.1) is 6.04 Å². The number of hydrogen-bond acceptors (Lipinski definition) is 3. The van der Waals surface area contributed by atoms with E-state index < -0.39 is 18.1 Å². The van der Waals surface area contributed by atoms with E-state index in [1.165, 1.54) is 6.92 Å². The Hall–Kier alpha value is -1.10. The van der Waals surface area contributed by atoms with Crippen LogP contribution in [-0.2, 0) is 9.59 Å². The van der Waals surface area contributed by atoms with E-state index in [9.17, 15) is 9.59 Å². The Morgan fingerprint density at radius 1 is 1.13 bits per heavy atom. The van der Waals surface area contributed by atoms with E-state index in [0.717, 1.165) is 0 Å². The monoisotopic (exact) mass is 216 g/mol. The maximum absolute atomic E-state index is 11.5.